The Morgan fingerprint density at radius 3 is 2.24 bits per heavy atom. The van der Waals surface area contributed by atoms with Gasteiger partial charge in [-0.3, -0.25) is 0 Å². The van der Waals surface area contributed by atoms with Crippen LogP contribution in [0.1, 0.15) is 16.8 Å². The number of hydrogen-bond acceptors (Lipinski definition) is 3. The largest absolute Gasteiger partial charge is 0.397 e. The summed E-state index contributed by atoms with van der Waals surface area (Å²) >= 11 is 0. The maximum Gasteiger partial charge on any atom is 0.130 e. The first-order chi connectivity index (χ1) is 8.04. The molecule has 17 heavy (non-hydrogen) atoms. The highest BCUT2D eigenvalue weighted by molar-refractivity contribution is 5.60. The molecule has 0 aliphatic rings. The zero-order valence-corrected chi connectivity index (χ0v) is 10.4. The van der Waals surface area contributed by atoms with Gasteiger partial charge in [-0.25, -0.2) is 4.98 Å². The van der Waals surface area contributed by atoms with Gasteiger partial charge >= 0.3 is 0 Å². The second kappa shape index (κ2) is 4.45. The van der Waals surface area contributed by atoms with Crippen LogP contribution in [-0.2, 0) is 0 Å². The van der Waals surface area contributed by atoms with Crippen molar-refractivity contribution in [1.29, 1.82) is 0 Å². The van der Waals surface area contributed by atoms with Crippen molar-refractivity contribution in [2.24, 2.45) is 0 Å². The monoisotopic (exact) mass is 227 g/mol. The summed E-state index contributed by atoms with van der Waals surface area (Å²) in [5, 5.41) is 3.29. The number of hydrogen-bond donors (Lipinski definition) is 2. The van der Waals surface area contributed by atoms with Gasteiger partial charge in [0, 0.05) is 5.69 Å². The number of nitrogens with one attached hydrogen (secondary N) is 1. The van der Waals surface area contributed by atoms with Gasteiger partial charge in [-0.1, -0.05) is 6.07 Å². The number of anilines is 3. The van der Waals surface area contributed by atoms with Crippen molar-refractivity contribution in [3.8, 4) is 0 Å². The summed E-state index contributed by atoms with van der Waals surface area (Å²) in [7, 11) is 0. The van der Waals surface area contributed by atoms with E-state index in [9.17, 15) is 0 Å². The second-order valence-electron chi connectivity index (χ2n) is 4.37. The van der Waals surface area contributed by atoms with Crippen molar-refractivity contribution in [3.05, 3.63) is 47.2 Å². The standard InChI is InChI=1S/C14H17N3/c1-9-6-10(2)8-12(7-9)17-14-5-4-13(15)11(3)16-14/h4-8H,15H2,1-3H3,(H,16,17). The predicted octanol–water partition coefficient (Wildman–Crippen LogP) is 3.33. The zero-order chi connectivity index (χ0) is 12.4. The first-order valence-corrected chi connectivity index (χ1v) is 5.63. The molecule has 0 aliphatic carbocycles. The van der Waals surface area contributed by atoms with E-state index in [4.69, 9.17) is 5.73 Å². The van der Waals surface area contributed by atoms with Crippen molar-refractivity contribution >= 4 is 17.2 Å². The number of aryl methyl sites for hydroxylation is 3. The van der Waals surface area contributed by atoms with Crippen LogP contribution >= 0.6 is 0 Å². The molecule has 0 fully saturated rings. The normalized spacial score (nSPS) is 10.3. The number of aromatic nitrogens is 1. The Hall–Kier alpha value is -2.03. The maximum absolute atomic E-state index is 5.74. The van der Waals surface area contributed by atoms with E-state index in [0.717, 1.165) is 22.9 Å². The summed E-state index contributed by atoms with van der Waals surface area (Å²) in [6.07, 6.45) is 0. The smallest absolute Gasteiger partial charge is 0.130 e. The lowest BCUT2D eigenvalue weighted by atomic mass is 10.1. The molecule has 0 spiro atoms. The fraction of sp³-hybridized carbons (Fsp3) is 0.214. The fourth-order valence-corrected chi connectivity index (χ4v) is 1.84. The van der Waals surface area contributed by atoms with Crippen LogP contribution in [0.5, 0.6) is 0 Å². The third kappa shape index (κ3) is 2.75. The Morgan fingerprint density at radius 1 is 1.00 bits per heavy atom. The van der Waals surface area contributed by atoms with Crippen LogP contribution in [-0.4, -0.2) is 4.98 Å². The molecule has 1 aromatic heterocycles. The van der Waals surface area contributed by atoms with E-state index in [1.807, 2.05) is 19.1 Å². The topological polar surface area (TPSA) is 50.9 Å². The quantitative estimate of drug-likeness (QED) is 0.827. The van der Waals surface area contributed by atoms with Crippen molar-refractivity contribution < 1.29 is 0 Å². The second-order valence-corrected chi connectivity index (χ2v) is 4.37. The van der Waals surface area contributed by atoms with E-state index in [-0.39, 0.29) is 0 Å². The van der Waals surface area contributed by atoms with E-state index < -0.39 is 0 Å². The summed E-state index contributed by atoms with van der Waals surface area (Å²) in [6, 6.07) is 10.1. The van der Waals surface area contributed by atoms with Gasteiger partial charge < -0.3 is 11.1 Å². The fourth-order valence-electron chi connectivity index (χ4n) is 1.84. The summed E-state index contributed by atoms with van der Waals surface area (Å²) in [4.78, 5) is 4.39. The van der Waals surface area contributed by atoms with Gasteiger partial charge in [-0.05, 0) is 56.2 Å². The van der Waals surface area contributed by atoms with Gasteiger partial charge in [0.25, 0.3) is 0 Å². The summed E-state index contributed by atoms with van der Waals surface area (Å²) in [5.74, 6) is 0.821. The molecule has 0 bridgehead atoms. The van der Waals surface area contributed by atoms with Gasteiger partial charge in [0.1, 0.15) is 5.82 Å². The molecule has 0 saturated carbocycles. The molecule has 1 aromatic carbocycles. The Bertz CT molecular complexity index is 527. The molecule has 1 heterocycles. The van der Waals surface area contributed by atoms with Gasteiger partial charge in [-0.15, -0.1) is 0 Å². The lowest BCUT2D eigenvalue weighted by molar-refractivity contribution is 1.20. The number of benzene rings is 1. The molecule has 0 aliphatic heterocycles. The number of nitrogens with zero attached hydrogens (tertiary/aromatic N) is 1. The van der Waals surface area contributed by atoms with E-state index in [0.29, 0.717) is 0 Å². The van der Waals surface area contributed by atoms with Crippen molar-refractivity contribution in [1.82, 2.24) is 4.98 Å². The minimum atomic E-state index is 0.718. The number of pyridine rings is 1. The Labute approximate surface area is 102 Å². The van der Waals surface area contributed by atoms with Crippen LogP contribution in [0.2, 0.25) is 0 Å². The van der Waals surface area contributed by atoms with Gasteiger partial charge in [0.05, 0.1) is 11.4 Å². The first-order valence-electron chi connectivity index (χ1n) is 5.63. The SMILES string of the molecule is Cc1cc(C)cc(Nc2ccc(N)c(C)n2)c1. The van der Waals surface area contributed by atoms with Gasteiger partial charge in [0.15, 0.2) is 0 Å². The van der Waals surface area contributed by atoms with Crippen LogP contribution in [0.3, 0.4) is 0 Å². The minimum Gasteiger partial charge on any atom is -0.397 e. The molecule has 0 radical (unpaired) electrons. The first kappa shape index (κ1) is 11.5. The summed E-state index contributed by atoms with van der Waals surface area (Å²) in [5.41, 5.74) is 10.8. The molecule has 0 amide bonds. The lowest BCUT2D eigenvalue weighted by Gasteiger charge is -2.09. The molecule has 3 nitrogen and oxygen atoms in total. The highest BCUT2D eigenvalue weighted by Crippen LogP contribution is 2.19. The van der Waals surface area contributed by atoms with Crippen molar-refractivity contribution in [2.75, 3.05) is 11.1 Å². The molecule has 88 valence electrons. The van der Waals surface area contributed by atoms with E-state index in [1.165, 1.54) is 11.1 Å². The maximum atomic E-state index is 5.74. The van der Waals surface area contributed by atoms with Crippen LogP contribution in [0.25, 0.3) is 0 Å². The van der Waals surface area contributed by atoms with Gasteiger partial charge in [-0.2, -0.15) is 0 Å². The molecular formula is C14H17N3. The van der Waals surface area contributed by atoms with E-state index >= 15 is 0 Å². The highest BCUT2D eigenvalue weighted by Gasteiger charge is 2.00. The molecular weight excluding hydrogens is 210 g/mol. The minimum absolute atomic E-state index is 0.718. The molecule has 2 rings (SSSR count). The number of rotatable bonds is 2. The Balaban J connectivity index is 2.28. The molecule has 0 atom stereocenters. The van der Waals surface area contributed by atoms with E-state index in [1.54, 1.807) is 0 Å². The Morgan fingerprint density at radius 2 is 1.65 bits per heavy atom. The Kier molecular flexibility index (Phi) is 3.00. The van der Waals surface area contributed by atoms with Crippen molar-refractivity contribution in [3.63, 3.8) is 0 Å². The average Bonchev–Trinajstić information content (AvgIpc) is 2.22. The van der Waals surface area contributed by atoms with E-state index in [2.05, 4.69) is 42.3 Å². The van der Waals surface area contributed by atoms with Gasteiger partial charge in [0.2, 0.25) is 0 Å². The third-order valence-corrected chi connectivity index (χ3v) is 2.62. The number of nitrogen functional groups attached to an aromatic ring is 1. The van der Waals surface area contributed by atoms with Crippen LogP contribution in [0.4, 0.5) is 17.2 Å². The van der Waals surface area contributed by atoms with Crippen LogP contribution in [0, 0.1) is 20.8 Å². The molecule has 0 saturated heterocycles. The third-order valence-electron chi connectivity index (χ3n) is 2.62. The average molecular weight is 227 g/mol. The number of nitrogens with two attached hydrogens (primary N) is 1. The predicted molar refractivity (Wildman–Crippen MR) is 72.6 cm³/mol. The van der Waals surface area contributed by atoms with Crippen LogP contribution < -0.4 is 11.1 Å². The highest BCUT2D eigenvalue weighted by atomic mass is 15.0. The van der Waals surface area contributed by atoms with Crippen molar-refractivity contribution in [2.45, 2.75) is 20.8 Å². The summed E-state index contributed by atoms with van der Waals surface area (Å²) in [6.45, 7) is 6.07. The molecule has 2 aromatic rings. The summed E-state index contributed by atoms with van der Waals surface area (Å²) < 4.78 is 0. The molecule has 3 N–H and O–H groups in total. The molecule has 0 unspecified atom stereocenters. The lowest BCUT2D eigenvalue weighted by Crippen LogP contribution is -1.98. The van der Waals surface area contributed by atoms with Crippen LogP contribution in [0.15, 0.2) is 30.3 Å². The zero-order valence-electron chi connectivity index (χ0n) is 10.4. The molecule has 3 heteroatoms.